The van der Waals surface area contributed by atoms with Crippen LogP contribution in [0.2, 0.25) is 5.02 Å². The van der Waals surface area contributed by atoms with Crippen molar-refractivity contribution in [2.75, 3.05) is 17.2 Å². The van der Waals surface area contributed by atoms with E-state index in [9.17, 15) is 9.18 Å². The maximum absolute atomic E-state index is 13.1. The Morgan fingerprint density at radius 1 is 1.37 bits per heavy atom. The summed E-state index contributed by atoms with van der Waals surface area (Å²) in [5, 5.41) is 6.00. The van der Waals surface area contributed by atoms with Gasteiger partial charge in [0.1, 0.15) is 29.5 Å². The van der Waals surface area contributed by atoms with Gasteiger partial charge in [-0.15, -0.1) is 0 Å². The molecule has 2 N–H and O–H groups in total. The molecular weight excluding hydrogens is 371 g/mol. The molecule has 2 aromatic carbocycles. The van der Waals surface area contributed by atoms with Crippen LogP contribution in [0.25, 0.3) is 0 Å². The molecule has 1 heterocycles. The zero-order valence-corrected chi connectivity index (χ0v) is 16.2. The molecule has 0 radical (unpaired) electrons. The van der Waals surface area contributed by atoms with Crippen molar-refractivity contribution >= 4 is 28.9 Å². The molecule has 1 amide bonds. The van der Waals surface area contributed by atoms with E-state index in [-0.39, 0.29) is 17.0 Å². The van der Waals surface area contributed by atoms with E-state index in [1.807, 2.05) is 26.0 Å². The number of fused-ring (bicyclic) bond motifs is 1. The Morgan fingerprint density at radius 2 is 2.15 bits per heavy atom. The van der Waals surface area contributed by atoms with E-state index in [2.05, 4.69) is 10.6 Å². The summed E-state index contributed by atoms with van der Waals surface area (Å²) in [5.74, 6) is 0.703. The van der Waals surface area contributed by atoms with Crippen LogP contribution < -0.4 is 20.1 Å². The number of hydrogen-bond donors (Lipinski definition) is 2. The van der Waals surface area contributed by atoms with Crippen LogP contribution in [-0.2, 0) is 11.2 Å². The van der Waals surface area contributed by atoms with Gasteiger partial charge in [-0.2, -0.15) is 0 Å². The van der Waals surface area contributed by atoms with Crippen LogP contribution in [0.5, 0.6) is 11.5 Å². The van der Waals surface area contributed by atoms with Gasteiger partial charge in [0.25, 0.3) is 0 Å². The Labute approximate surface area is 162 Å². The molecule has 0 aromatic heterocycles. The smallest absolute Gasteiger partial charge is 0.246 e. The van der Waals surface area contributed by atoms with Gasteiger partial charge in [-0.1, -0.05) is 11.6 Å². The minimum Gasteiger partial charge on any atom is -0.492 e. The van der Waals surface area contributed by atoms with Crippen molar-refractivity contribution in [2.45, 2.75) is 39.3 Å². The molecule has 0 fully saturated rings. The highest BCUT2D eigenvalue weighted by Crippen LogP contribution is 2.38. The second-order valence-corrected chi connectivity index (χ2v) is 6.91. The average molecular weight is 393 g/mol. The van der Waals surface area contributed by atoms with Gasteiger partial charge in [0, 0.05) is 18.1 Å². The molecule has 0 aliphatic carbocycles. The summed E-state index contributed by atoms with van der Waals surface area (Å²) in [6, 6.07) is 7.05. The average Bonchev–Trinajstić information content (AvgIpc) is 2.96. The standard InChI is InChI=1S/C20H22ClFN2O3/c1-4-26-19-8-13-7-11(2)27-18(13)10-17(19)23-12(3)20(25)24-16-6-5-14(22)9-15(16)21/h5-6,8-12,23H,4,7H2,1-3H3,(H,24,25)/t11-,12+/m1/s1. The lowest BCUT2D eigenvalue weighted by molar-refractivity contribution is -0.116. The normalized spacial score (nSPS) is 16.3. The Balaban J connectivity index is 1.75. The summed E-state index contributed by atoms with van der Waals surface area (Å²) in [4.78, 5) is 12.5. The zero-order valence-electron chi connectivity index (χ0n) is 15.4. The third-order valence-electron chi connectivity index (χ3n) is 4.25. The third-order valence-corrected chi connectivity index (χ3v) is 4.57. The fraction of sp³-hybridized carbons (Fsp3) is 0.350. The van der Waals surface area contributed by atoms with Crippen LogP contribution in [-0.4, -0.2) is 24.7 Å². The molecule has 0 bridgehead atoms. The first-order valence-corrected chi connectivity index (χ1v) is 9.24. The topological polar surface area (TPSA) is 59.6 Å². The number of anilines is 2. The van der Waals surface area contributed by atoms with Gasteiger partial charge in [-0.3, -0.25) is 4.79 Å². The molecule has 27 heavy (non-hydrogen) atoms. The Bertz CT molecular complexity index is 859. The molecule has 1 aliphatic heterocycles. The van der Waals surface area contributed by atoms with Crippen LogP contribution >= 0.6 is 11.6 Å². The molecule has 3 rings (SSSR count). The quantitative estimate of drug-likeness (QED) is 0.751. The van der Waals surface area contributed by atoms with Crippen LogP contribution in [0.15, 0.2) is 30.3 Å². The maximum Gasteiger partial charge on any atom is 0.246 e. The summed E-state index contributed by atoms with van der Waals surface area (Å²) in [7, 11) is 0. The summed E-state index contributed by atoms with van der Waals surface area (Å²) in [6.07, 6.45) is 0.945. The van der Waals surface area contributed by atoms with Gasteiger partial charge >= 0.3 is 0 Å². The minimum atomic E-state index is -0.581. The van der Waals surface area contributed by atoms with E-state index in [0.29, 0.717) is 23.7 Å². The lowest BCUT2D eigenvalue weighted by Gasteiger charge is -2.19. The highest BCUT2D eigenvalue weighted by atomic mass is 35.5. The number of amides is 1. The number of rotatable bonds is 6. The van der Waals surface area contributed by atoms with Gasteiger partial charge in [0.15, 0.2) is 0 Å². The number of nitrogens with one attached hydrogen (secondary N) is 2. The number of hydrogen-bond acceptors (Lipinski definition) is 4. The summed E-state index contributed by atoms with van der Waals surface area (Å²) >= 11 is 5.97. The third kappa shape index (κ3) is 4.45. The highest BCUT2D eigenvalue weighted by molar-refractivity contribution is 6.33. The predicted octanol–water partition coefficient (Wildman–Crippen LogP) is 4.64. The monoisotopic (exact) mass is 392 g/mol. The molecule has 2 atom stereocenters. The lowest BCUT2D eigenvalue weighted by Crippen LogP contribution is -2.32. The molecule has 5 nitrogen and oxygen atoms in total. The van der Waals surface area contributed by atoms with Crippen molar-refractivity contribution in [2.24, 2.45) is 0 Å². The second-order valence-electron chi connectivity index (χ2n) is 6.50. The van der Waals surface area contributed by atoms with E-state index in [1.54, 1.807) is 6.92 Å². The van der Waals surface area contributed by atoms with Crippen molar-refractivity contribution in [3.8, 4) is 11.5 Å². The number of halogens is 2. The SMILES string of the molecule is CCOc1cc2c(cc1N[C@@H](C)C(=O)Nc1ccc(F)cc1Cl)O[C@H](C)C2. The van der Waals surface area contributed by atoms with Crippen LogP contribution in [0, 0.1) is 5.82 Å². The van der Waals surface area contributed by atoms with Crippen molar-refractivity contribution in [1.82, 2.24) is 0 Å². The first-order valence-electron chi connectivity index (χ1n) is 8.86. The number of ether oxygens (including phenoxy) is 2. The molecule has 144 valence electrons. The molecular formula is C20H22ClFN2O3. The zero-order chi connectivity index (χ0) is 19.6. The van der Waals surface area contributed by atoms with Gasteiger partial charge < -0.3 is 20.1 Å². The molecule has 0 saturated heterocycles. The maximum atomic E-state index is 13.1. The number of carbonyl (C=O) groups excluding carboxylic acids is 1. The number of benzene rings is 2. The van der Waals surface area contributed by atoms with Crippen molar-refractivity contribution < 1.29 is 18.7 Å². The Morgan fingerprint density at radius 3 is 2.85 bits per heavy atom. The molecule has 2 aromatic rings. The highest BCUT2D eigenvalue weighted by Gasteiger charge is 2.23. The van der Waals surface area contributed by atoms with E-state index in [0.717, 1.165) is 23.8 Å². The molecule has 7 heteroatoms. The van der Waals surface area contributed by atoms with Crippen molar-refractivity contribution in [1.29, 1.82) is 0 Å². The summed E-state index contributed by atoms with van der Waals surface area (Å²) in [5.41, 5.74) is 2.12. The Hall–Kier alpha value is -2.47. The van der Waals surface area contributed by atoms with Gasteiger partial charge in [0.05, 0.1) is 23.0 Å². The van der Waals surface area contributed by atoms with E-state index >= 15 is 0 Å². The number of carbonyl (C=O) groups is 1. The fourth-order valence-corrected chi connectivity index (χ4v) is 3.17. The Kier molecular flexibility index (Phi) is 5.75. The molecule has 0 spiro atoms. The van der Waals surface area contributed by atoms with Crippen LogP contribution in [0.4, 0.5) is 15.8 Å². The van der Waals surface area contributed by atoms with Gasteiger partial charge in [-0.25, -0.2) is 4.39 Å². The minimum absolute atomic E-state index is 0.117. The van der Waals surface area contributed by atoms with E-state index < -0.39 is 11.9 Å². The van der Waals surface area contributed by atoms with Crippen LogP contribution in [0.3, 0.4) is 0 Å². The summed E-state index contributed by atoms with van der Waals surface area (Å²) in [6.45, 7) is 6.15. The van der Waals surface area contributed by atoms with Crippen molar-refractivity contribution in [3.05, 3.63) is 46.7 Å². The van der Waals surface area contributed by atoms with Crippen LogP contribution in [0.1, 0.15) is 26.3 Å². The van der Waals surface area contributed by atoms with E-state index in [4.69, 9.17) is 21.1 Å². The summed E-state index contributed by atoms with van der Waals surface area (Å²) < 4.78 is 24.7. The lowest BCUT2D eigenvalue weighted by atomic mass is 10.1. The predicted molar refractivity (Wildman–Crippen MR) is 105 cm³/mol. The van der Waals surface area contributed by atoms with Gasteiger partial charge in [0.2, 0.25) is 5.91 Å². The largest absolute Gasteiger partial charge is 0.492 e. The van der Waals surface area contributed by atoms with E-state index in [1.165, 1.54) is 12.1 Å². The fourth-order valence-electron chi connectivity index (χ4n) is 2.96. The first-order chi connectivity index (χ1) is 12.9. The molecule has 0 saturated carbocycles. The first kappa shape index (κ1) is 19.3. The van der Waals surface area contributed by atoms with Gasteiger partial charge in [-0.05, 0) is 45.0 Å². The molecule has 1 aliphatic rings. The molecule has 0 unspecified atom stereocenters. The second kappa shape index (κ2) is 8.05. The van der Waals surface area contributed by atoms with Crippen molar-refractivity contribution in [3.63, 3.8) is 0 Å².